The fourth-order valence-electron chi connectivity index (χ4n) is 2.85. The number of hydrogen-bond acceptors (Lipinski definition) is 7. The maximum absolute atomic E-state index is 12.4. The van der Waals surface area contributed by atoms with E-state index in [1.165, 1.54) is 19.2 Å². The number of amides is 1. The Morgan fingerprint density at radius 1 is 1.27 bits per heavy atom. The van der Waals surface area contributed by atoms with Gasteiger partial charge in [0.05, 0.1) is 18.6 Å². The second-order valence-corrected chi connectivity index (χ2v) is 5.89. The number of benzene rings is 1. The summed E-state index contributed by atoms with van der Waals surface area (Å²) in [4.78, 5) is 34.1. The SMILES string of the molecule is CCOC(=O)NC1CCC(OC(=O)c2cc([N+](=O)[O-])ccc2OC)CC1. The summed E-state index contributed by atoms with van der Waals surface area (Å²) < 4.78 is 15.4. The maximum atomic E-state index is 12.4. The molecule has 1 saturated carbocycles. The second kappa shape index (κ2) is 9.02. The number of non-ortho nitro benzene ring substituents is 1. The molecule has 2 rings (SSSR count). The van der Waals surface area contributed by atoms with Gasteiger partial charge in [-0.1, -0.05) is 0 Å². The van der Waals surface area contributed by atoms with Crippen LogP contribution in [-0.4, -0.2) is 42.8 Å². The van der Waals surface area contributed by atoms with Crippen LogP contribution in [0.3, 0.4) is 0 Å². The lowest BCUT2D eigenvalue weighted by Gasteiger charge is -2.28. The molecule has 0 aromatic heterocycles. The molecule has 9 nitrogen and oxygen atoms in total. The molecule has 0 atom stereocenters. The molecular formula is C17H22N2O7. The Morgan fingerprint density at radius 2 is 1.96 bits per heavy atom. The summed E-state index contributed by atoms with van der Waals surface area (Å²) in [5.74, 6) is -0.439. The topological polar surface area (TPSA) is 117 Å². The van der Waals surface area contributed by atoms with Crippen molar-refractivity contribution in [3.05, 3.63) is 33.9 Å². The largest absolute Gasteiger partial charge is 0.496 e. The fourth-order valence-corrected chi connectivity index (χ4v) is 2.85. The standard InChI is InChI=1S/C17H22N2O7/c1-3-25-17(21)18-11-4-7-13(8-5-11)26-16(20)14-10-12(19(22)23)6-9-15(14)24-2/h6,9-11,13H,3-5,7-8H2,1-2H3,(H,18,21). The predicted octanol–water partition coefficient (Wildman–Crippen LogP) is 2.82. The molecule has 0 spiro atoms. The van der Waals surface area contributed by atoms with Crippen molar-refractivity contribution in [2.24, 2.45) is 0 Å². The van der Waals surface area contributed by atoms with Gasteiger partial charge in [-0.3, -0.25) is 10.1 Å². The summed E-state index contributed by atoms with van der Waals surface area (Å²) in [6.07, 6.45) is 1.71. The van der Waals surface area contributed by atoms with Gasteiger partial charge in [0.1, 0.15) is 17.4 Å². The minimum Gasteiger partial charge on any atom is -0.496 e. The van der Waals surface area contributed by atoms with Crippen LogP contribution in [0.2, 0.25) is 0 Å². The third-order valence-electron chi connectivity index (χ3n) is 4.16. The van der Waals surface area contributed by atoms with Crippen LogP contribution in [0, 0.1) is 10.1 Å². The van der Waals surface area contributed by atoms with Crippen molar-refractivity contribution >= 4 is 17.7 Å². The summed E-state index contributed by atoms with van der Waals surface area (Å²) >= 11 is 0. The summed E-state index contributed by atoms with van der Waals surface area (Å²) in [6, 6.07) is 3.77. The molecule has 0 bridgehead atoms. The molecule has 0 radical (unpaired) electrons. The van der Waals surface area contributed by atoms with E-state index in [0.717, 1.165) is 6.07 Å². The number of carbonyl (C=O) groups excluding carboxylic acids is 2. The normalized spacial score (nSPS) is 19.3. The van der Waals surface area contributed by atoms with Gasteiger partial charge in [0, 0.05) is 18.2 Å². The molecule has 1 aromatic rings. The van der Waals surface area contributed by atoms with Gasteiger partial charge < -0.3 is 19.5 Å². The van der Waals surface area contributed by atoms with Crippen molar-refractivity contribution in [3.8, 4) is 5.75 Å². The summed E-state index contributed by atoms with van der Waals surface area (Å²) in [5.41, 5.74) is -0.187. The van der Waals surface area contributed by atoms with Crippen LogP contribution in [0.15, 0.2) is 18.2 Å². The Balaban J connectivity index is 1.94. The van der Waals surface area contributed by atoms with E-state index in [-0.39, 0.29) is 29.1 Å². The minimum absolute atomic E-state index is 0.0173. The molecule has 9 heteroatoms. The predicted molar refractivity (Wildman–Crippen MR) is 91.3 cm³/mol. The third-order valence-corrected chi connectivity index (χ3v) is 4.16. The molecule has 142 valence electrons. The number of nitrogens with zero attached hydrogens (tertiary/aromatic N) is 1. The Kier molecular flexibility index (Phi) is 6.76. The van der Waals surface area contributed by atoms with Crippen LogP contribution < -0.4 is 10.1 Å². The number of alkyl carbamates (subject to hydrolysis) is 1. The van der Waals surface area contributed by atoms with Crippen LogP contribution >= 0.6 is 0 Å². The molecule has 0 saturated heterocycles. The zero-order chi connectivity index (χ0) is 19.1. The monoisotopic (exact) mass is 366 g/mol. The Bertz CT molecular complexity index is 669. The van der Waals surface area contributed by atoms with Crippen LogP contribution in [0.5, 0.6) is 5.75 Å². The molecular weight excluding hydrogens is 344 g/mol. The van der Waals surface area contributed by atoms with Crippen molar-refractivity contribution in [1.29, 1.82) is 0 Å². The number of methoxy groups -OCH3 is 1. The number of nitro benzene ring substituents is 1. The van der Waals surface area contributed by atoms with E-state index in [9.17, 15) is 19.7 Å². The van der Waals surface area contributed by atoms with Crippen LogP contribution in [0.1, 0.15) is 43.0 Å². The van der Waals surface area contributed by atoms with Gasteiger partial charge in [0.15, 0.2) is 0 Å². The van der Waals surface area contributed by atoms with E-state index >= 15 is 0 Å². The Hall–Kier alpha value is -2.84. The van der Waals surface area contributed by atoms with Gasteiger partial charge in [-0.05, 0) is 38.7 Å². The summed E-state index contributed by atoms with van der Waals surface area (Å²) in [6.45, 7) is 2.04. The zero-order valence-electron chi connectivity index (χ0n) is 14.7. The highest BCUT2D eigenvalue weighted by Crippen LogP contribution is 2.27. The lowest BCUT2D eigenvalue weighted by molar-refractivity contribution is -0.384. The molecule has 1 fully saturated rings. The molecule has 0 heterocycles. The van der Waals surface area contributed by atoms with Crippen molar-refractivity contribution in [2.75, 3.05) is 13.7 Å². The first-order valence-corrected chi connectivity index (χ1v) is 8.41. The smallest absolute Gasteiger partial charge is 0.407 e. The molecule has 0 aliphatic heterocycles. The van der Waals surface area contributed by atoms with Gasteiger partial charge in [0.25, 0.3) is 5.69 Å². The van der Waals surface area contributed by atoms with Gasteiger partial charge >= 0.3 is 12.1 Å². The highest BCUT2D eigenvalue weighted by Gasteiger charge is 2.27. The van der Waals surface area contributed by atoms with Gasteiger partial charge in [0.2, 0.25) is 0 Å². The van der Waals surface area contributed by atoms with E-state index in [2.05, 4.69) is 5.32 Å². The number of rotatable bonds is 6. The minimum atomic E-state index is -0.660. The van der Waals surface area contributed by atoms with Crippen LogP contribution in [0.4, 0.5) is 10.5 Å². The Labute approximate surface area is 150 Å². The average molecular weight is 366 g/mol. The summed E-state index contributed by atoms with van der Waals surface area (Å²) in [5, 5.41) is 13.7. The van der Waals surface area contributed by atoms with Crippen molar-refractivity contribution in [3.63, 3.8) is 0 Å². The van der Waals surface area contributed by atoms with Crippen molar-refractivity contribution in [2.45, 2.75) is 44.8 Å². The number of nitro groups is 1. The molecule has 1 aromatic carbocycles. The second-order valence-electron chi connectivity index (χ2n) is 5.89. The van der Waals surface area contributed by atoms with Crippen molar-refractivity contribution < 1.29 is 28.7 Å². The lowest BCUT2D eigenvalue weighted by Crippen LogP contribution is -2.39. The fraction of sp³-hybridized carbons (Fsp3) is 0.529. The average Bonchev–Trinajstić information content (AvgIpc) is 2.62. The number of hydrogen-bond donors (Lipinski definition) is 1. The van der Waals surface area contributed by atoms with Crippen LogP contribution in [0.25, 0.3) is 0 Å². The molecule has 0 unspecified atom stereocenters. The lowest BCUT2D eigenvalue weighted by atomic mass is 9.93. The molecule has 1 aliphatic rings. The van der Waals surface area contributed by atoms with E-state index < -0.39 is 17.0 Å². The van der Waals surface area contributed by atoms with Gasteiger partial charge in [-0.2, -0.15) is 0 Å². The van der Waals surface area contributed by atoms with E-state index in [4.69, 9.17) is 14.2 Å². The van der Waals surface area contributed by atoms with Crippen LogP contribution in [-0.2, 0) is 9.47 Å². The number of esters is 1. The van der Waals surface area contributed by atoms with E-state index in [1.54, 1.807) is 6.92 Å². The Morgan fingerprint density at radius 3 is 2.54 bits per heavy atom. The van der Waals surface area contributed by atoms with E-state index in [1.807, 2.05) is 0 Å². The number of carbonyl (C=O) groups is 2. The maximum Gasteiger partial charge on any atom is 0.407 e. The quantitative estimate of drug-likeness (QED) is 0.467. The zero-order valence-corrected chi connectivity index (χ0v) is 14.7. The van der Waals surface area contributed by atoms with E-state index in [0.29, 0.717) is 32.3 Å². The number of nitrogens with one attached hydrogen (secondary N) is 1. The highest BCUT2D eigenvalue weighted by molar-refractivity contribution is 5.93. The molecule has 1 aliphatic carbocycles. The first kappa shape index (κ1) is 19.5. The first-order valence-electron chi connectivity index (χ1n) is 8.41. The molecule has 1 amide bonds. The van der Waals surface area contributed by atoms with Gasteiger partial charge in [-0.25, -0.2) is 9.59 Å². The first-order chi connectivity index (χ1) is 12.4. The molecule has 1 N–H and O–H groups in total. The summed E-state index contributed by atoms with van der Waals surface area (Å²) in [7, 11) is 1.38. The third kappa shape index (κ3) is 5.08. The van der Waals surface area contributed by atoms with Gasteiger partial charge in [-0.15, -0.1) is 0 Å². The molecule has 26 heavy (non-hydrogen) atoms. The van der Waals surface area contributed by atoms with Crippen molar-refractivity contribution in [1.82, 2.24) is 5.32 Å². The number of ether oxygens (including phenoxy) is 3. The highest BCUT2D eigenvalue weighted by atomic mass is 16.6.